The molecule has 0 saturated carbocycles. The van der Waals surface area contributed by atoms with Gasteiger partial charge in [-0.05, 0) is 22.9 Å². The zero-order valence-electron chi connectivity index (χ0n) is 7.52. The van der Waals surface area contributed by atoms with Gasteiger partial charge in [0.2, 0.25) is 5.78 Å². The Morgan fingerprint density at radius 1 is 1.57 bits per heavy atom. The van der Waals surface area contributed by atoms with E-state index in [0.717, 1.165) is 5.82 Å². The molecule has 2 heterocycles. The lowest BCUT2D eigenvalue weighted by Gasteiger charge is -1.90. The first-order chi connectivity index (χ1) is 6.52. The summed E-state index contributed by atoms with van der Waals surface area (Å²) < 4.78 is 3.54. The fourth-order valence-corrected chi connectivity index (χ4v) is 1.68. The van der Waals surface area contributed by atoms with Crippen molar-refractivity contribution < 1.29 is 9.90 Å². The zero-order valence-corrected chi connectivity index (χ0v) is 9.11. The summed E-state index contributed by atoms with van der Waals surface area (Å²) in [7, 11) is 1.78. The van der Waals surface area contributed by atoms with Crippen LogP contribution in [0, 0.1) is 6.92 Å². The largest absolute Gasteiger partial charge is 0.476 e. The molecule has 2 aromatic rings. The van der Waals surface area contributed by atoms with Gasteiger partial charge < -0.3 is 9.67 Å². The fraction of sp³-hybridized carbons (Fsp3) is 0.286. The monoisotopic (exact) mass is 258 g/mol. The Morgan fingerprint density at radius 2 is 2.21 bits per heavy atom. The van der Waals surface area contributed by atoms with Crippen molar-refractivity contribution in [3.05, 3.63) is 16.1 Å². The Hall–Kier alpha value is -1.37. The van der Waals surface area contributed by atoms with Crippen LogP contribution in [0.25, 0.3) is 5.78 Å². The SMILES string of the molecule is Cc1nn2c(Br)c(C(=O)O)nc2n1C. The van der Waals surface area contributed by atoms with Crippen LogP contribution in [0.15, 0.2) is 4.60 Å². The van der Waals surface area contributed by atoms with Gasteiger partial charge in [-0.25, -0.2) is 9.78 Å². The van der Waals surface area contributed by atoms with Crippen molar-refractivity contribution in [1.29, 1.82) is 0 Å². The third kappa shape index (κ3) is 1.05. The van der Waals surface area contributed by atoms with E-state index in [1.807, 2.05) is 6.92 Å². The van der Waals surface area contributed by atoms with Gasteiger partial charge in [-0.2, -0.15) is 9.61 Å². The van der Waals surface area contributed by atoms with Crippen LogP contribution >= 0.6 is 15.9 Å². The van der Waals surface area contributed by atoms with Gasteiger partial charge in [0, 0.05) is 7.05 Å². The van der Waals surface area contributed by atoms with Gasteiger partial charge in [0.05, 0.1) is 0 Å². The Labute approximate surface area is 87.3 Å². The van der Waals surface area contributed by atoms with Gasteiger partial charge >= 0.3 is 5.97 Å². The molecule has 7 heteroatoms. The third-order valence-corrected chi connectivity index (χ3v) is 2.73. The van der Waals surface area contributed by atoms with Gasteiger partial charge in [0.25, 0.3) is 0 Å². The molecule has 0 radical (unpaired) electrons. The molecule has 14 heavy (non-hydrogen) atoms. The number of nitrogens with zero attached hydrogens (tertiary/aromatic N) is 4. The predicted octanol–water partition coefficient (Wildman–Crippen LogP) is 0.837. The number of carboxylic acids is 1. The predicted molar refractivity (Wildman–Crippen MR) is 51.4 cm³/mol. The third-order valence-electron chi connectivity index (χ3n) is 2.02. The molecule has 6 nitrogen and oxygen atoms in total. The molecule has 1 N–H and O–H groups in total. The lowest BCUT2D eigenvalue weighted by molar-refractivity contribution is 0.0690. The molecule has 0 aliphatic heterocycles. The van der Waals surface area contributed by atoms with Crippen LogP contribution in [0.3, 0.4) is 0 Å². The summed E-state index contributed by atoms with van der Waals surface area (Å²) >= 11 is 3.14. The standard InChI is InChI=1S/C7H7BrN4O2/c1-3-10-12-5(8)4(6(13)14)9-7(12)11(3)2/h1-2H3,(H,13,14). The van der Waals surface area contributed by atoms with Crippen molar-refractivity contribution in [3.63, 3.8) is 0 Å². The molecule has 2 aromatic heterocycles. The van der Waals surface area contributed by atoms with Crippen LogP contribution in [-0.2, 0) is 7.05 Å². The number of hydrogen-bond acceptors (Lipinski definition) is 3. The van der Waals surface area contributed by atoms with Gasteiger partial charge in [-0.15, -0.1) is 0 Å². The molecule has 74 valence electrons. The molecule has 0 amide bonds. The zero-order chi connectivity index (χ0) is 10.5. The molecule has 0 fully saturated rings. The van der Waals surface area contributed by atoms with Crippen LogP contribution in [0.4, 0.5) is 0 Å². The smallest absolute Gasteiger partial charge is 0.357 e. The highest BCUT2D eigenvalue weighted by molar-refractivity contribution is 9.10. The highest BCUT2D eigenvalue weighted by Gasteiger charge is 2.19. The van der Waals surface area contributed by atoms with E-state index in [1.165, 1.54) is 4.52 Å². The van der Waals surface area contributed by atoms with Crippen LogP contribution in [0.2, 0.25) is 0 Å². The first-order valence-corrected chi connectivity index (χ1v) is 4.62. The number of halogens is 1. The second-order valence-corrected chi connectivity index (χ2v) is 3.63. The lowest BCUT2D eigenvalue weighted by atomic mass is 10.5. The van der Waals surface area contributed by atoms with Crippen molar-refractivity contribution in [2.24, 2.45) is 7.05 Å². The topological polar surface area (TPSA) is 72.4 Å². The van der Waals surface area contributed by atoms with E-state index >= 15 is 0 Å². The lowest BCUT2D eigenvalue weighted by Crippen LogP contribution is -1.99. The van der Waals surface area contributed by atoms with Crippen LogP contribution in [-0.4, -0.2) is 30.2 Å². The highest BCUT2D eigenvalue weighted by Crippen LogP contribution is 2.18. The van der Waals surface area contributed by atoms with E-state index in [4.69, 9.17) is 5.11 Å². The number of fused-ring (bicyclic) bond motifs is 1. The molecule has 0 atom stereocenters. The summed E-state index contributed by atoms with van der Waals surface area (Å²) in [5, 5.41) is 12.9. The fourth-order valence-electron chi connectivity index (χ4n) is 1.18. The van der Waals surface area contributed by atoms with Gasteiger partial charge in [-0.1, -0.05) is 0 Å². The first kappa shape index (κ1) is 9.20. The number of imidazole rings is 1. The maximum atomic E-state index is 10.7. The van der Waals surface area contributed by atoms with Crippen LogP contribution < -0.4 is 0 Å². The molecular weight excluding hydrogens is 252 g/mol. The molecular formula is C7H7BrN4O2. The van der Waals surface area contributed by atoms with E-state index in [1.54, 1.807) is 11.6 Å². The number of carboxylic acid groups (broad SMARTS) is 1. The van der Waals surface area contributed by atoms with E-state index in [9.17, 15) is 4.79 Å². The van der Waals surface area contributed by atoms with Crippen molar-refractivity contribution in [1.82, 2.24) is 19.2 Å². The molecule has 0 unspecified atom stereocenters. The molecule has 0 saturated heterocycles. The van der Waals surface area contributed by atoms with E-state index in [-0.39, 0.29) is 5.69 Å². The van der Waals surface area contributed by atoms with Crippen molar-refractivity contribution in [2.75, 3.05) is 0 Å². The van der Waals surface area contributed by atoms with Crippen LogP contribution in [0.1, 0.15) is 16.3 Å². The molecule has 0 aliphatic carbocycles. The minimum absolute atomic E-state index is 0.0249. The number of aromatic carboxylic acids is 1. The van der Waals surface area contributed by atoms with Crippen molar-refractivity contribution in [3.8, 4) is 0 Å². The summed E-state index contributed by atoms with van der Waals surface area (Å²) in [5.41, 5.74) is -0.0249. The van der Waals surface area contributed by atoms with Gasteiger partial charge in [-0.3, -0.25) is 0 Å². The number of aromatic nitrogens is 4. The number of hydrogen-bond donors (Lipinski definition) is 1. The molecule has 0 aliphatic rings. The highest BCUT2D eigenvalue weighted by atomic mass is 79.9. The first-order valence-electron chi connectivity index (χ1n) is 3.83. The number of rotatable bonds is 1. The second kappa shape index (κ2) is 2.81. The number of carbonyl (C=O) groups is 1. The van der Waals surface area contributed by atoms with Gasteiger partial charge in [0.1, 0.15) is 10.4 Å². The number of aryl methyl sites for hydroxylation is 2. The average Bonchev–Trinajstić information content (AvgIpc) is 2.56. The molecule has 0 aromatic carbocycles. The summed E-state index contributed by atoms with van der Waals surface area (Å²) in [6, 6.07) is 0. The van der Waals surface area contributed by atoms with Gasteiger partial charge in [0.15, 0.2) is 5.69 Å². The Bertz CT molecular complexity index is 527. The summed E-state index contributed by atoms with van der Waals surface area (Å²) in [6.45, 7) is 1.82. The Kier molecular flexibility index (Phi) is 1.84. The van der Waals surface area contributed by atoms with E-state index in [2.05, 4.69) is 26.0 Å². The van der Waals surface area contributed by atoms with Crippen molar-refractivity contribution in [2.45, 2.75) is 6.92 Å². The minimum atomic E-state index is -1.07. The van der Waals surface area contributed by atoms with E-state index < -0.39 is 5.97 Å². The summed E-state index contributed by atoms with van der Waals surface area (Å²) in [6.07, 6.45) is 0. The summed E-state index contributed by atoms with van der Waals surface area (Å²) in [5.74, 6) is 0.206. The molecule has 2 rings (SSSR count). The average molecular weight is 259 g/mol. The minimum Gasteiger partial charge on any atom is -0.476 e. The van der Waals surface area contributed by atoms with E-state index in [0.29, 0.717) is 10.4 Å². The maximum absolute atomic E-state index is 10.7. The van der Waals surface area contributed by atoms with Crippen LogP contribution in [0.5, 0.6) is 0 Å². The molecule has 0 spiro atoms. The summed E-state index contributed by atoms with van der Waals surface area (Å²) in [4.78, 5) is 14.7. The Balaban J connectivity index is 2.83. The maximum Gasteiger partial charge on any atom is 0.357 e. The normalized spacial score (nSPS) is 11.1. The second-order valence-electron chi connectivity index (χ2n) is 2.87. The van der Waals surface area contributed by atoms with Crippen molar-refractivity contribution >= 4 is 27.7 Å². The quantitative estimate of drug-likeness (QED) is 0.823. The molecule has 0 bridgehead atoms. The Morgan fingerprint density at radius 3 is 2.71 bits per heavy atom.